The molecule has 0 amide bonds. The molecule has 0 N–H and O–H groups in total. The minimum atomic E-state index is -4.39. The van der Waals surface area contributed by atoms with E-state index < -0.39 is 40.1 Å². The largest absolute Gasteiger partial charge is 0.484 e. The van der Waals surface area contributed by atoms with Gasteiger partial charge in [-0.15, -0.1) is 46.4 Å². The first-order valence-corrected chi connectivity index (χ1v) is 12.5. The molecule has 0 aliphatic heterocycles. The maximum atomic E-state index is 12.9. The Labute approximate surface area is 169 Å². The summed E-state index contributed by atoms with van der Waals surface area (Å²) in [5.74, 6) is -0.0232. The second-order valence-corrected chi connectivity index (χ2v) is 9.78. The number of phosphoric ester groups is 2. The Bertz CT molecular complexity index is 399. The first-order valence-electron chi connectivity index (χ1n) is 7.41. The highest BCUT2D eigenvalue weighted by atomic mass is 35.5. The van der Waals surface area contributed by atoms with Gasteiger partial charge in [0.2, 0.25) is 0 Å². The maximum absolute atomic E-state index is 12.9. The molecule has 0 aromatic heterocycles. The average molecular weight is 484 g/mol. The predicted octanol–water partition coefficient (Wildman–Crippen LogP) is 5.79. The van der Waals surface area contributed by atoms with Crippen molar-refractivity contribution in [3.63, 3.8) is 0 Å². The van der Waals surface area contributed by atoms with Crippen LogP contribution in [-0.2, 0) is 31.5 Å². The summed E-state index contributed by atoms with van der Waals surface area (Å²) in [4.78, 5) is 0. The number of phosphoric acid groups is 2. The lowest BCUT2D eigenvalue weighted by Gasteiger charge is -2.28. The van der Waals surface area contributed by atoms with E-state index in [1.165, 1.54) is 27.7 Å². The summed E-state index contributed by atoms with van der Waals surface area (Å²) < 4.78 is 51.8. The van der Waals surface area contributed by atoms with Gasteiger partial charge in [-0.2, -0.15) is 4.31 Å². The van der Waals surface area contributed by atoms with Crippen molar-refractivity contribution in [2.75, 3.05) is 23.5 Å². The first-order chi connectivity index (χ1) is 11.5. The summed E-state index contributed by atoms with van der Waals surface area (Å²) in [7, 11) is -8.78. The molecule has 0 heterocycles. The molecule has 7 nitrogen and oxygen atoms in total. The summed E-state index contributed by atoms with van der Waals surface area (Å²) in [5, 5.41) is 0. The lowest BCUT2D eigenvalue weighted by Crippen LogP contribution is -2.19. The van der Waals surface area contributed by atoms with Crippen LogP contribution < -0.4 is 0 Å². The summed E-state index contributed by atoms with van der Waals surface area (Å²) in [6, 6.07) is 0. The molecule has 0 bridgehead atoms. The molecule has 0 fully saturated rings. The molecule has 152 valence electrons. The number of alkyl halides is 4. The predicted molar refractivity (Wildman–Crippen MR) is 101 cm³/mol. The van der Waals surface area contributed by atoms with Crippen LogP contribution in [0.15, 0.2) is 0 Å². The maximum Gasteiger partial charge on any atom is 0.484 e. The topological polar surface area (TPSA) is 80.3 Å². The van der Waals surface area contributed by atoms with E-state index in [1.807, 2.05) is 0 Å². The van der Waals surface area contributed by atoms with Crippen molar-refractivity contribution < 1.29 is 31.5 Å². The van der Waals surface area contributed by atoms with E-state index in [-0.39, 0.29) is 23.5 Å². The van der Waals surface area contributed by atoms with Crippen molar-refractivity contribution in [1.82, 2.24) is 0 Å². The highest BCUT2D eigenvalue weighted by Crippen LogP contribution is 2.67. The second-order valence-electron chi connectivity index (χ2n) is 5.26. The van der Waals surface area contributed by atoms with Crippen LogP contribution in [0.25, 0.3) is 0 Å². The fourth-order valence-corrected chi connectivity index (χ4v) is 5.60. The standard InChI is InChI=1S/C12H24Cl4O7P2/c1-9(5-13)19-24(17,20-10(2)6-14)23-25(18,21-11(3)7-15)22-12(4)8-16/h9-12H,5-8H2,1-4H3. The highest BCUT2D eigenvalue weighted by molar-refractivity contribution is 7.62. The van der Waals surface area contributed by atoms with Crippen LogP contribution >= 0.6 is 62.0 Å². The molecule has 0 radical (unpaired) electrons. The second kappa shape index (κ2) is 12.8. The smallest absolute Gasteiger partial charge is 0.282 e. The molecule has 13 heteroatoms. The lowest BCUT2D eigenvalue weighted by molar-refractivity contribution is 0.0646. The number of rotatable bonds is 14. The van der Waals surface area contributed by atoms with Crippen molar-refractivity contribution in [3.05, 3.63) is 0 Å². The van der Waals surface area contributed by atoms with Gasteiger partial charge in [-0.3, -0.25) is 18.1 Å². The molecule has 4 atom stereocenters. The summed E-state index contributed by atoms with van der Waals surface area (Å²) in [6.07, 6.45) is -2.89. The third kappa shape index (κ3) is 11.1. The molecule has 25 heavy (non-hydrogen) atoms. The third-order valence-corrected chi connectivity index (χ3v) is 8.12. The van der Waals surface area contributed by atoms with Crippen LogP contribution in [0.4, 0.5) is 0 Å². The Morgan fingerprint density at radius 2 is 0.800 bits per heavy atom. The van der Waals surface area contributed by atoms with Crippen LogP contribution in [0.5, 0.6) is 0 Å². The Kier molecular flexibility index (Phi) is 13.5. The molecule has 0 saturated heterocycles. The van der Waals surface area contributed by atoms with Crippen LogP contribution in [0, 0.1) is 0 Å². The van der Waals surface area contributed by atoms with E-state index in [0.29, 0.717) is 0 Å². The van der Waals surface area contributed by atoms with E-state index in [9.17, 15) is 9.13 Å². The zero-order chi connectivity index (χ0) is 19.7. The van der Waals surface area contributed by atoms with E-state index in [1.54, 1.807) is 0 Å². The number of halogens is 4. The monoisotopic (exact) mass is 482 g/mol. The van der Waals surface area contributed by atoms with Gasteiger partial charge in [0.05, 0.1) is 24.4 Å². The lowest BCUT2D eigenvalue weighted by atomic mass is 10.5. The van der Waals surface area contributed by atoms with E-state index in [0.717, 1.165) is 0 Å². The van der Waals surface area contributed by atoms with Crippen molar-refractivity contribution >= 4 is 62.0 Å². The summed E-state index contributed by atoms with van der Waals surface area (Å²) in [5.41, 5.74) is 0. The molecule has 4 unspecified atom stereocenters. The number of hydrogen-bond acceptors (Lipinski definition) is 7. The van der Waals surface area contributed by atoms with Gasteiger partial charge in [-0.1, -0.05) is 0 Å². The van der Waals surface area contributed by atoms with Crippen molar-refractivity contribution in [2.45, 2.75) is 52.1 Å². The van der Waals surface area contributed by atoms with Gasteiger partial charge in [0, 0.05) is 23.5 Å². The van der Waals surface area contributed by atoms with E-state index in [2.05, 4.69) is 0 Å². The Morgan fingerprint density at radius 3 is 0.960 bits per heavy atom. The van der Waals surface area contributed by atoms with Crippen molar-refractivity contribution in [1.29, 1.82) is 0 Å². The third-order valence-electron chi connectivity index (χ3n) is 2.31. The summed E-state index contributed by atoms with van der Waals surface area (Å²) >= 11 is 22.7. The van der Waals surface area contributed by atoms with Crippen LogP contribution in [0.2, 0.25) is 0 Å². The van der Waals surface area contributed by atoms with Crippen molar-refractivity contribution in [3.8, 4) is 0 Å². The molecule has 0 aliphatic rings. The molecule has 0 saturated carbocycles. The zero-order valence-electron chi connectivity index (χ0n) is 14.4. The highest BCUT2D eigenvalue weighted by Gasteiger charge is 2.44. The van der Waals surface area contributed by atoms with Gasteiger partial charge < -0.3 is 0 Å². The van der Waals surface area contributed by atoms with Gasteiger partial charge in [0.15, 0.2) is 0 Å². The molecule has 0 spiro atoms. The minimum absolute atomic E-state index is 0.00581. The van der Waals surface area contributed by atoms with E-state index in [4.69, 9.17) is 68.8 Å². The SMILES string of the molecule is CC(CCl)OP(=O)(OC(C)CCl)OP(=O)(OC(C)CCl)OC(C)CCl. The molecular formula is C12H24Cl4O7P2. The Balaban J connectivity index is 5.54. The minimum Gasteiger partial charge on any atom is -0.282 e. The zero-order valence-corrected chi connectivity index (χ0v) is 19.2. The van der Waals surface area contributed by atoms with Crippen LogP contribution in [0.3, 0.4) is 0 Å². The first kappa shape index (κ1) is 26.4. The fraction of sp³-hybridized carbons (Fsp3) is 1.00. The molecule has 0 aromatic rings. The van der Waals surface area contributed by atoms with Gasteiger partial charge in [0.25, 0.3) is 0 Å². The normalized spacial score (nSPS) is 21.8. The van der Waals surface area contributed by atoms with E-state index >= 15 is 0 Å². The Hall–Kier alpha value is 1.42. The quantitative estimate of drug-likeness (QED) is 0.228. The van der Waals surface area contributed by atoms with Crippen LogP contribution in [0.1, 0.15) is 27.7 Å². The van der Waals surface area contributed by atoms with Gasteiger partial charge in [-0.05, 0) is 27.7 Å². The van der Waals surface area contributed by atoms with Crippen LogP contribution in [-0.4, -0.2) is 47.9 Å². The van der Waals surface area contributed by atoms with Crippen molar-refractivity contribution in [2.24, 2.45) is 0 Å². The number of hydrogen-bond donors (Lipinski definition) is 0. The summed E-state index contributed by atoms with van der Waals surface area (Å²) in [6.45, 7) is 6.14. The molecular weight excluding hydrogens is 460 g/mol. The Morgan fingerprint density at radius 1 is 0.600 bits per heavy atom. The molecule has 0 rings (SSSR count). The fourth-order valence-electron chi connectivity index (χ4n) is 1.24. The van der Waals surface area contributed by atoms with Gasteiger partial charge in [0.1, 0.15) is 0 Å². The molecule has 0 aliphatic carbocycles. The average Bonchev–Trinajstić information content (AvgIpc) is 2.52. The van der Waals surface area contributed by atoms with Gasteiger partial charge >= 0.3 is 15.6 Å². The van der Waals surface area contributed by atoms with Gasteiger partial charge in [-0.25, -0.2) is 9.13 Å². The molecule has 0 aromatic carbocycles.